The summed E-state index contributed by atoms with van der Waals surface area (Å²) >= 11 is 0. The van der Waals surface area contributed by atoms with Gasteiger partial charge in [-0.15, -0.1) is 0 Å². The van der Waals surface area contributed by atoms with Crippen molar-refractivity contribution in [2.45, 2.75) is 230 Å². The Kier molecular flexibility index (Phi) is 39.2. The lowest BCUT2D eigenvalue weighted by molar-refractivity contribution is -0.220. The van der Waals surface area contributed by atoms with Crippen LogP contribution in [-0.2, 0) is 27.9 Å². The molecule has 0 amide bonds. The van der Waals surface area contributed by atoms with Crippen molar-refractivity contribution in [3.05, 3.63) is 72.9 Å². The van der Waals surface area contributed by atoms with Gasteiger partial charge in [-0.05, 0) is 83.5 Å². The standard InChI is InChI=1S/C52H91O12P/c1-3-5-7-9-11-13-15-17-19-21-22-23-24-25-27-29-31-33-35-37-39-41-46(53)63-45(44-62-65(59,60)64-52-50(57)48(55)47(54)49(56)51(52)58)43-61-42-40-38-36-34-32-30-28-26-20-18-16-14-12-10-8-6-4-2/h5,7,11,13,17,19-20,22-23,25-27,45,47-52,54-58H,3-4,6,8-10,12,14-16,18,21,24,28-44H2,1-2H3,(H,59,60)/b7-5-,13-11-,19-17-,23-22-,26-20-,27-25-. The maximum absolute atomic E-state index is 12.8. The number of aliphatic hydroxyl groups is 5. The number of hydrogen-bond donors (Lipinski definition) is 6. The Bertz CT molecular complexity index is 1350. The van der Waals surface area contributed by atoms with Gasteiger partial charge in [0.25, 0.3) is 0 Å². The molecule has 13 heteroatoms. The summed E-state index contributed by atoms with van der Waals surface area (Å²) in [7, 11) is -5.03. The van der Waals surface area contributed by atoms with Crippen LogP contribution in [0.1, 0.15) is 187 Å². The van der Waals surface area contributed by atoms with Gasteiger partial charge in [0.05, 0.1) is 13.2 Å². The molecule has 0 saturated heterocycles. The van der Waals surface area contributed by atoms with Gasteiger partial charge in [-0.2, -0.15) is 0 Å². The molecule has 0 aromatic rings. The van der Waals surface area contributed by atoms with E-state index in [0.717, 1.165) is 96.3 Å². The van der Waals surface area contributed by atoms with Crippen molar-refractivity contribution in [1.29, 1.82) is 0 Å². The van der Waals surface area contributed by atoms with Crippen LogP contribution in [0, 0.1) is 0 Å². The third-order valence-electron chi connectivity index (χ3n) is 11.3. The number of phosphoric ester groups is 1. The van der Waals surface area contributed by atoms with Gasteiger partial charge < -0.3 is 39.9 Å². The SMILES string of the molecule is CC/C=C\C/C=C\C/C=C\C/C=C\C/C=C\CCCCCCCC(=O)OC(COCCCCCCCC/C=C\CCCCCCCCC)COP(=O)(O)OC1C(O)C(O)C(O)C(O)C1O. The van der Waals surface area contributed by atoms with Crippen molar-refractivity contribution in [1.82, 2.24) is 0 Å². The number of aliphatic hydroxyl groups excluding tert-OH is 5. The van der Waals surface area contributed by atoms with E-state index in [9.17, 15) is 39.8 Å². The molecule has 1 saturated carbocycles. The largest absolute Gasteiger partial charge is 0.472 e. The Morgan fingerprint density at radius 1 is 0.508 bits per heavy atom. The normalized spacial score (nSPS) is 22.2. The topological polar surface area (TPSA) is 192 Å². The smallest absolute Gasteiger partial charge is 0.457 e. The molecular weight excluding hydrogens is 848 g/mol. The quantitative estimate of drug-likeness (QED) is 0.0147. The van der Waals surface area contributed by atoms with Crippen LogP contribution in [-0.4, -0.2) is 98.9 Å². The number of carbonyl (C=O) groups excluding carboxylic acids is 1. The average molecular weight is 939 g/mol. The molecule has 0 radical (unpaired) electrons. The second-order valence-corrected chi connectivity index (χ2v) is 18.7. The highest BCUT2D eigenvalue weighted by atomic mass is 31.2. The molecular formula is C52H91O12P. The molecule has 1 aliphatic carbocycles. The zero-order chi connectivity index (χ0) is 47.6. The summed E-state index contributed by atoms with van der Waals surface area (Å²) in [5.74, 6) is -0.499. The fourth-order valence-corrected chi connectivity index (χ4v) is 8.29. The summed E-state index contributed by atoms with van der Waals surface area (Å²) in [6.45, 7) is 4.11. The maximum atomic E-state index is 12.8. The number of ether oxygens (including phenoxy) is 2. The van der Waals surface area contributed by atoms with Gasteiger partial charge in [0, 0.05) is 13.0 Å². The predicted octanol–water partition coefficient (Wildman–Crippen LogP) is 11.1. The van der Waals surface area contributed by atoms with E-state index in [1.54, 1.807) is 0 Å². The van der Waals surface area contributed by atoms with Gasteiger partial charge in [0.15, 0.2) is 0 Å². The second kappa shape index (κ2) is 41.9. The molecule has 6 N–H and O–H groups in total. The van der Waals surface area contributed by atoms with E-state index in [0.29, 0.717) is 13.0 Å². The molecule has 0 aromatic carbocycles. The van der Waals surface area contributed by atoms with Crippen LogP contribution < -0.4 is 0 Å². The second-order valence-electron chi connectivity index (χ2n) is 17.3. The highest BCUT2D eigenvalue weighted by Gasteiger charge is 2.51. The molecule has 6 unspecified atom stereocenters. The summed E-state index contributed by atoms with van der Waals surface area (Å²) in [6, 6.07) is 0. The van der Waals surface area contributed by atoms with Crippen molar-refractivity contribution >= 4 is 13.8 Å². The van der Waals surface area contributed by atoms with Crippen molar-refractivity contribution in [3.8, 4) is 0 Å². The summed E-state index contributed by atoms with van der Waals surface area (Å²) in [4.78, 5) is 23.2. The van der Waals surface area contributed by atoms with E-state index in [1.165, 1.54) is 64.2 Å². The lowest BCUT2D eigenvalue weighted by Gasteiger charge is -2.41. The molecule has 0 spiro atoms. The Morgan fingerprint density at radius 3 is 1.40 bits per heavy atom. The van der Waals surface area contributed by atoms with Crippen LogP contribution >= 0.6 is 7.82 Å². The number of carbonyl (C=O) groups is 1. The Hall–Kier alpha value is -2.22. The van der Waals surface area contributed by atoms with Crippen molar-refractivity contribution < 1.29 is 58.3 Å². The maximum Gasteiger partial charge on any atom is 0.472 e. The number of esters is 1. The van der Waals surface area contributed by atoms with E-state index < -0.39 is 63.1 Å². The van der Waals surface area contributed by atoms with E-state index in [4.69, 9.17) is 18.5 Å². The van der Waals surface area contributed by atoms with Gasteiger partial charge in [-0.3, -0.25) is 13.8 Å². The minimum atomic E-state index is -5.03. The molecule has 0 aromatic heterocycles. The van der Waals surface area contributed by atoms with Gasteiger partial charge in [0.1, 0.15) is 42.7 Å². The number of hydrogen-bond acceptors (Lipinski definition) is 11. The summed E-state index contributed by atoms with van der Waals surface area (Å²) in [5.41, 5.74) is 0. The highest BCUT2D eigenvalue weighted by Crippen LogP contribution is 2.47. The fraction of sp³-hybridized carbons (Fsp3) is 0.750. The van der Waals surface area contributed by atoms with E-state index in [1.807, 2.05) is 0 Å². The Balaban J connectivity index is 2.38. The molecule has 0 bridgehead atoms. The van der Waals surface area contributed by atoms with E-state index >= 15 is 0 Å². The third kappa shape index (κ3) is 33.8. The summed E-state index contributed by atoms with van der Waals surface area (Å²) < 4.78 is 34.3. The highest BCUT2D eigenvalue weighted by molar-refractivity contribution is 7.47. The van der Waals surface area contributed by atoms with Crippen molar-refractivity contribution in [3.63, 3.8) is 0 Å². The van der Waals surface area contributed by atoms with Gasteiger partial charge in [0.2, 0.25) is 0 Å². The number of allylic oxidation sites excluding steroid dienone is 12. The molecule has 0 aliphatic heterocycles. The number of unbranched alkanes of at least 4 members (excludes halogenated alkanes) is 18. The van der Waals surface area contributed by atoms with E-state index in [-0.39, 0.29) is 13.0 Å². The predicted molar refractivity (Wildman–Crippen MR) is 262 cm³/mol. The zero-order valence-corrected chi connectivity index (χ0v) is 41.2. The number of phosphoric acid groups is 1. The first-order valence-electron chi connectivity index (χ1n) is 25.3. The summed E-state index contributed by atoms with van der Waals surface area (Å²) in [5, 5.41) is 50.3. The lowest BCUT2D eigenvalue weighted by Crippen LogP contribution is -2.64. The van der Waals surface area contributed by atoms with Crippen LogP contribution in [0.25, 0.3) is 0 Å². The van der Waals surface area contributed by atoms with Crippen LogP contribution in [0.5, 0.6) is 0 Å². The van der Waals surface area contributed by atoms with Crippen LogP contribution in [0.3, 0.4) is 0 Å². The van der Waals surface area contributed by atoms with E-state index in [2.05, 4.69) is 86.8 Å². The van der Waals surface area contributed by atoms with Crippen molar-refractivity contribution in [2.75, 3.05) is 19.8 Å². The molecule has 1 fully saturated rings. The number of rotatable bonds is 42. The first kappa shape index (κ1) is 60.8. The molecule has 1 rings (SSSR count). The van der Waals surface area contributed by atoms with Gasteiger partial charge in [-0.1, -0.05) is 170 Å². The average Bonchev–Trinajstić information content (AvgIpc) is 3.29. The molecule has 1 aliphatic rings. The molecule has 0 heterocycles. The Labute approximate surface area is 393 Å². The third-order valence-corrected chi connectivity index (χ3v) is 12.3. The minimum absolute atomic E-state index is 0.0922. The minimum Gasteiger partial charge on any atom is -0.457 e. The molecule has 376 valence electrons. The molecule has 12 nitrogen and oxygen atoms in total. The van der Waals surface area contributed by atoms with Crippen LogP contribution in [0.2, 0.25) is 0 Å². The van der Waals surface area contributed by atoms with Crippen LogP contribution in [0.4, 0.5) is 0 Å². The van der Waals surface area contributed by atoms with Crippen LogP contribution in [0.15, 0.2) is 72.9 Å². The lowest BCUT2D eigenvalue weighted by atomic mass is 9.85. The van der Waals surface area contributed by atoms with Gasteiger partial charge >= 0.3 is 13.8 Å². The zero-order valence-electron chi connectivity index (χ0n) is 40.3. The first-order valence-corrected chi connectivity index (χ1v) is 26.8. The molecule has 65 heavy (non-hydrogen) atoms. The summed E-state index contributed by atoms with van der Waals surface area (Å²) in [6.07, 6.45) is 42.5. The van der Waals surface area contributed by atoms with Gasteiger partial charge in [-0.25, -0.2) is 4.57 Å². The fourth-order valence-electron chi connectivity index (χ4n) is 7.32. The van der Waals surface area contributed by atoms with Crippen molar-refractivity contribution in [2.24, 2.45) is 0 Å². The Morgan fingerprint density at radius 2 is 0.908 bits per heavy atom. The molecule has 6 atom stereocenters. The monoisotopic (exact) mass is 939 g/mol. The first-order chi connectivity index (χ1) is 31.5.